The Hall–Kier alpha value is -1.01. The summed E-state index contributed by atoms with van der Waals surface area (Å²) >= 11 is 1.44. The van der Waals surface area contributed by atoms with Crippen molar-refractivity contribution in [3.05, 3.63) is 12.0 Å². The molecule has 0 saturated heterocycles. The van der Waals surface area contributed by atoms with Crippen molar-refractivity contribution < 1.29 is 14.3 Å². The fourth-order valence-corrected chi connectivity index (χ4v) is 2.15. The van der Waals surface area contributed by atoms with Crippen molar-refractivity contribution >= 4 is 17.7 Å². The largest absolute Gasteiger partial charge is 0.480 e. The van der Waals surface area contributed by atoms with Gasteiger partial charge in [0.2, 0.25) is 0 Å². The zero-order valence-electron chi connectivity index (χ0n) is 10.1. The van der Waals surface area contributed by atoms with Gasteiger partial charge in [-0.3, -0.25) is 4.79 Å². The number of carboxylic acids is 1. The lowest BCUT2D eigenvalue weighted by Crippen LogP contribution is -2.37. The van der Waals surface area contributed by atoms with E-state index in [4.69, 9.17) is 9.52 Å². The van der Waals surface area contributed by atoms with E-state index in [1.54, 1.807) is 6.26 Å². The molecule has 0 radical (unpaired) electrons. The Labute approximate surface area is 105 Å². The SMILES string of the molecule is CCCNC(CCSc1nc(C)co1)C(=O)O. The van der Waals surface area contributed by atoms with E-state index in [9.17, 15) is 4.79 Å². The Morgan fingerprint density at radius 1 is 1.71 bits per heavy atom. The molecule has 0 aliphatic heterocycles. The summed E-state index contributed by atoms with van der Waals surface area (Å²) in [6.07, 6.45) is 3.07. The van der Waals surface area contributed by atoms with Gasteiger partial charge in [0.15, 0.2) is 0 Å². The zero-order chi connectivity index (χ0) is 12.7. The molecule has 0 amide bonds. The van der Waals surface area contributed by atoms with E-state index >= 15 is 0 Å². The standard InChI is InChI=1S/C11H18N2O3S/c1-3-5-12-9(10(14)15)4-6-17-11-13-8(2)7-16-11/h7,9,12H,3-6H2,1-2H3,(H,14,15). The number of nitrogens with one attached hydrogen (secondary N) is 1. The fourth-order valence-electron chi connectivity index (χ4n) is 1.29. The Bertz CT molecular complexity index is 354. The summed E-state index contributed by atoms with van der Waals surface area (Å²) in [6.45, 7) is 4.59. The van der Waals surface area contributed by atoms with Crippen molar-refractivity contribution in [3.63, 3.8) is 0 Å². The van der Waals surface area contributed by atoms with Crippen molar-refractivity contribution in [2.24, 2.45) is 0 Å². The first-order valence-corrected chi connectivity index (χ1v) is 6.63. The highest BCUT2D eigenvalue weighted by molar-refractivity contribution is 7.99. The van der Waals surface area contributed by atoms with Gasteiger partial charge in [-0.15, -0.1) is 0 Å². The molecule has 1 atom stereocenters. The predicted octanol–water partition coefficient (Wildman–Crippen LogP) is 1.92. The monoisotopic (exact) mass is 258 g/mol. The minimum atomic E-state index is -0.803. The molecule has 5 nitrogen and oxygen atoms in total. The number of hydrogen-bond acceptors (Lipinski definition) is 5. The minimum Gasteiger partial charge on any atom is -0.480 e. The van der Waals surface area contributed by atoms with Gasteiger partial charge in [-0.05, 0) is 26.3 Å². The van der Waals surface area contributed by atoms with Crippen molar-refractivity contribution in [2.45, 2.75) is 38.0 Å². The summed E-state index contributed by atoms with van der Waals surface area (Å²) in [6, 6.07) is -0.487. The molecule has 0 fully saturated rings. The quantitative estimate of drug-likeness (QED) is 0.694. The van der Waals surface area contributed by atoms with Crippen LogP contribution in [0.5, 0.6) is 0 Å². The van der Waals surface area contributed by atoms with E-state index in [1.807, 2.05) is 13.8 Å². The minimum absolute atomic E-state index is 0.487. The highest BCUT2D eigenvalue weighted by Gasteiger charge is 2.16. The Balaban J connectivity index is 2.29. The number of carbonyl (C=O) groups is 1. The first-order chi connectivity index (χ1) is 8.13. The van der Waals surface area contributed by atoms with Crippen molar-refractivity contribution in [1.82, 2.24) is 10.3 Å². The molecule has 0 aliphatic rings. The second-order valence-electron chi connectivity index (χ2n) is 3.74. The molecule has 0 spiro atoms. The maximum absolute atomic E-state index is 10.9. The number of aromatic nitrogens is 1. The second-order valence-corrected chi connectivity index (χ2v) is 4.78. The lowest BCUT2D eigenvalue weighted by atomic mass is 10.2. The first kappa shape index (κ1) is 14.1. The molecule has 0 bridgehead atoms. The van der Waals surface area contributed by atoms with E-state index in [2.05, 4.69) is 10.3 Å². The highest BCUT2D eigenvalue weighted by Crippen LogP contribution is 2.18. The number of rotatable bonds is 8. The lowest BCUT2D eigenvalue weighted by Gasteiger charge is -2.12. The van der Waals surface area contributed by atoms with Crippen LogP contribution in [0.25, 0.3) is 0 Å². The van der Waals surface area contributed by atoms with E-state index in [0.29, 0.717) is 17.4 Å². The molecule has 96 valence electrons. The van der Waals surface area contributed by atoms with Gasteiger partial charge in [0.05, 0.1) is 5.69 Å². The van der Waals surface area contributed by atoms with Crippen molar-refractivity contribution in [3.8, 4) is 0 Å². The maximum atomic E-state index is 10.9. The second kappa shape index (κ2) is 7.34. The number of aryl methyl sites for hydroxylation is 1. The molecule has 0 saturated carbocycles. The number of nitrogens with zero attached hydrogens (tertiary/aromatic N) is 1. The van der Waals surface area contributed by atoms with Gasteiger partial charge < -0.3 is 14.8 Å². The van der Waals surface area contributed by atoms with E-state index in [-0.39, 0.29) is 0 Å². The summed E-state index contributed by atoms with van der Waals surface area (Å²) < 4.78 is 5.17. The molecule has 1 unspecified atom stereocenters. The van der Waals surface area contributed by atoms with Crippen LogP contribution in [0.2, 0.25) is 0 Å². The topological polar surface area (TPSA) is 75.4 Å². The average Bonchev–Trinajstić information content (AvgIpc) is 2.68. The van der Waals surface area contributed by atoms with E-state index in [1.165, 1.54) is 11.8 Å². The van der Waals surface area contributed by atoms with Crippen LogP contribution in [0, 0.1) is 6.92 Å². The normalized spacial score (nSPS) is 12.6. The zero-order valence-corrected chi connectivity index (χ0v) is 10.9. The molecule has 1 aromatic rings. The van der Waals surface area contributed by atoms with Gasteiger partial charge in [0.25, 0.3) is 5.22 Å². The van der Waals surface area contributed by atoms with Crippen molar-refractivity contribution in [2.75, 3.05) is 12.3 Å². The summed E-state index contributed by atoms with van der Waals surface area (Å²) in [7, 11) is 0. The van der Waals surface area contributed by atoms with Crippen LogP contribution >= 0.6 is 11.8 Å². The molecular weight excluding hydrogens is 240 g/mol. The molecule has 1 heterocycles. The summed E-state index contributed by atoms with van der Waals surface area (Å²) in [5.74, 6) is -0.129. The number of hydrogen-bond donors (Lipinski definition) is 2. The van der Waals surface area contributed by atoms with E-state index < -0.39 is 12.0 Å². The van der Waals surface area contributed by atoms with Gasteiger partial charge in [-0.25, -0.2) is 4.98 Å². The van der Waals surface area contributed by atoms with Crippen LogP contribution in [0.3, 0.4) is 0 Å². The maximum Gasteiger partial charge on any atom is 0.320 e. The fraction of sp³-hybridized carbons (Fsp3) is 0.636. The summed E-state index contributed by atoms with van der Waals surface area (Å²) in [4.78, 5) is 15.1. The van der Waals surface area contributed by atoms with Crippen LogP contribution in [0.4, 0.5) is 0 Å². The van der Waals surface area contributed by atoms with Gasteiger partial charge in [0.1, 0.15) is 12.3 Å². The smallest absolute Gasteiger partial charge is 0.320 e. The Morgan fingerprint density at radius 2 is 2.47 bits per heavy atom. The van der Waals surface area contributed by atoms with Crippen molar-refractivity contribution in [1.29, 1.82) is 0 Å². The molecule has 17 heavy (non-hydrogen) atoms. The van der Waals surface area contributed by atoms with Crippen LogP contribution in [-0.2, 0) is 4.79 Å². The summed E-state index contributed by atoms with van der Waals surface area (Å²) in [5.41, 5.74) is 0.839. The number of thioether (sulfide) groups is 1. The Morgan fingerprint density at radius 3 is 3.00 bits per heavy atom. The lowest BCUT2D eigenvalue weighted by molar-refractivity contribution is -0.139. The van der Waals surface area contributed by atoms with Crippen LogP contribution < -0.4 is 5.32 Å². The number of carboxylic acid groups (broad SMARTS) is 1. The van der Waals surface area contributed by atoms with Gasteiger partial charge >= 0.3 is 5.97 Å². The third-order valence-electron chi connectivity index (χ3n) is 2.17. The molecule has 6 heteroatoms. The van der Waals surface area contributed by atoms with Gasteiger partial charge in [0, 0.05) is 5.75 Å². The molecule has 0 aliphatic carbocycles. The van der Waals surface area contributed by atoms with E-state index in [0.717, 1.165) is 18.7 Å². The van der Waals surface area contributed by atoms with Crippen LogP contribution in [-0.4, -0.2) is 34.4 Å². The van der Waals surface area contributed by atoms with Gasteiger partial charge in [-0.1, -0.05) is 18.7 Å². The third kappa shape index (κ3) is 5.23. The number of oxazole rings is 1. The molecule has 1 aromatic heterocycles. The Kier molecular flexibility index (Phi) is 6.07. The highest BCUT2D eigenvalue weighted by atomic mass is 32.2. The first-order valence-electron chi connectivity index (χ1n) is 5.64. The summed E-state index contributed by atoms with van der Waals surface area (Å²) in [5, 5.41) is 12.6. The molecule has 1 rings (SSSR count). The van der Waals surface area contributed by atoms with Gasteiger partial charge in [-0.2, -0.15) is 0 Å². The molecule has 0 aromatic carbocycles. The predicted molar refractivity (Wildman–Crippen MR) is 66.3 cm³/mol. The average molecular weight is 258 g/mol. The third-order valence-corrected chi connectivity index (χ3v) is 3.04. The number of aliphatic carboxylic acids is 1. The molecule has 2 N–H and O–H groups in total. The molecular formula is C11H18N2O3S. The van der Waals surface area contributed by atoms with Crippen LogP contribution in [0.15, 0.2) is 15.9 Å². The van der Waals surface area contributed by atoms with Crippen LogP contribution in [0.1, 0.15) is 25.5 Å².